The van der Waals surface area contributed by atoms with Crippen molar-refractivity contribution in [3.63, 3.8) is 0 Å². The second kappa shape index (κ2) is 3.63. The van der Waals surface area contributed by atoms with Crippen molar-refractivity contribution < 1.29 is 0 Å². The lowest BCUT2D eigenvalue weighted by Gasteiger charge is -2.38. The van der Waals surface area contributed by atoms with E-state index in [4.69, 9.17) is 0 Å². The summed E-state index contributed by atoms with van der Waals surface area (Å²) in [6, 6.07) is 6.92. The van der Waals surface area contributed by atoms with Crippen LogP contribution in [-0.4, -0.2) is 4.57 Å². The molecule has 0 amide bonds. The molecule has 0 aliphatic heterocycles. The number of fused-ring (bicyclic) bond motifs is 2. The molecule has 1 nitrogen and oxygen atoms in total. The predicted molar refractivity (Wildman–Crippen MR) is 75.9 cm³/mol. The number of hydrogen-bond donors (Lipinski definition) is 0. The Labute approximate surface area is 109 Å². The quantitative estimate of drug-likeness (QED) is 0.647. The van der Waals surface area contributed by atoms with Gasteiger partial charge in [-0.1, -0.05) is 25.5 Å². The van der Waals surface area contributed by atoms with Gasteiger partial charge in [0.25, 0.3) is 0 Å². The number of rotatable bonds is 0. The molecular formula is C17H21N. The fourth-order valence-electron chi connectivity index (χ4n) is 4.38. The van der Waals surface area contributed by atoms with Gasteiger partial charge >= 0.3 is 0 Å². The van der Waals surface area contributed by atoms with Gasteiger partial charge in [0.05, 0.1) is 0 Å². The third-order valence-electron chi connectivity index (χ3n) is 5.26. The van der Waals surface area contributed by atoms with Crippen molar-refractivity contribution in [3.8, 4) is 0 Å². The van der Waals surface area contributed by atoms with Crippen LogP contribution < -0.4 is 0 Å². The fraction of sp³-hybridized carbons (Fsp3) is 0.529. The van der Waals surface area contributed by atoms with Crippen LogP contribution >= 0.6 is 0 Å². The number of aromatic nitrogens is 1. The molecule has 1 aromatic heterocycles. The van der Waals surface area contributed by atoms with Gasteiger partial charge in [-0.2, -0.15) is 0 Å². The lowest BCUT2D eigenvalue weighted by Crippen LogP contribution is -2.26. The Hall–Kier alpha value is -1.24. The molecule has 2 aliphatic rings. The summed E-state index contributed by atoms with van der Waals surface area (Å²) in [6.45, 7) is 2.43. The molecule has 0 radical (unpaired) electrons. The summed E-state index contributed by atoms with van der Waals surface area (Å²) in [6.07, 6.45) is 7.93. The van der Waals surface area contributed by atoms with E-state index in [0.717, 1.165) is 17.8 Å². The lowest BCUT2D eigenvalue weighted by atomic mass is 9.66. The highest BCUT2D eigenvalue weighted by Gasteiger charge is 2.35. The first-order valence-corrected chi connectivity index (χ1v) is 7.31. The van der Waals surface area contributed by atoms with E-state index in [2.05, 4.69) is 42.9 Å². The summed E-state index contributed by atoms with van der Waals surface area (Å²) in [7, 11) is 2.19. The van der Waals surface area contributed by atoms with E-state index in [-0.39, 0.29) is 0 Å². The molecular weight excluding hydrogens is 218 g/mol. The molecule has 0 saturated heterocycles. The first kappa shape index (κ1) is 10.7. The van der Waals surface area contributed by atoms with Crippen LogP contribution in [0.15, 0.2) is 24.4 Å². The highest BCUT2D eigenvalue weighted by atomic mass is 14.9. The molecule has 2 aromatic rings. The fourth-order valence-corrected chi connectivity index (χ4v) is 4.38. The van der Waals surface area contributed by atoms with Gasteiger partial charge in [0.2, 0.25) is 0 Å². The van der Waals surface area contributed by atoms with Gasteiger partial charge < -0.3 is 4.57 Å². The van der Waals surface area contributed by atoms with Crippen molar-refractivity contribution in [1.82, 2.24) is 4.57 Å². The third kappa shape index (κ3) is 1.33. The molecule has 1 fully saturated rings. The van der Waals surface area contributed by atoms with Crippen molar-refractivity contribution in [1.29, 1.82) is 0 Å². The first-order valence-electron chi connectivity index (χ1n) is 7.31. The molecule has 2 aliphatic carbocycles. The van der Waals surface area contributed by atoms with Crippen LogP contribution in [-0.2, 0) is 13.5 Å². The van der Waals surface area contributed by atoms with Gasteiger partial charge in [-0.25, -0.2) is 0 Å². The predicted octanol–water partition coefficient (Wildman–Crippen LogP) is 4.25. The Kier molecular flexibility index (Phi) is 2.15. The van der Waals surface area contributed by atoms with Gasteiger partial charge in [0.1, 0.15) is 0 Å². The Morgan fingerprint density at radius 3 is 3.00 bits per heavy atom. The Morgan fingerprint density at radius 2 is 2.11 bits per heavy atom. The van der Waals surface area contributed by atoms with E-state index >= 15 is 0 Å². The van der Waals surface area contributed by atoms with Crippen molar-refractivity contribution in [3.05, 3.63) is 35.5 Å². The summed E-state index contributed by atoms with van der Waals surface area (Å²) >= 11 is 0. The maximum Gasteiger partial charge on any atom is 0.0483 e. The minimum absolute atomic E-state index is 0.826. The maximum absolute atomic E-state index is 2.43. The topological polar surface area (TPSA) is 4.93 Å². The smallest absolute Gasteiger partial charge is 0.0483 e. The molecule has 94 valence electrons. The van der Waals surface area contributed by atoms with Crippen molar-refractivity contribution in [2.75, 3.05) is 0 Å². The zero-order chi connectivity index (χ0) is 12.3. The summed E-state index contributed by atoms with van der Waals surface area (Å²) in [4.78, 5) is 0. The van der Waals surface area contributed by atoms with Gasteiger partial charge in [-0.3, -0.25) is 0 Å². The van der Waals surface area contributed by atoms with Crippen LogP contribution in [0.4, 0.5) is 0 Å². The van der Waals surface area contributed by atoms with Crippen LogP contribution in [0.2, 0.25) is 0 Å². The van der Waals surface area contributed by atoms with E-state index in [1.807, 2.05) is 0 Å². The normalized spacial score (nSPS) is 30.4. The summed E-state index contributed by atoms with van der Waals surface area (Å²) < 4.78 is 2.31. The zero-order valence-corrected chi connectivity index (χ0v) is 11.3. The molecule has 1 saturated carbocycles. The molecule has 1 aromatic carbocycles. The van der Waals surface area contributed by atoms with E-state index in [9.17, 15) is 0 Å². The molecule has 0 spiro atoms. The van der Waals surface area contributed by atoms with Crippen LogP contribution in [0.3, 0.4) is 0 Å². The summed E-state index contributed by atoms with van der Waals surface area (Å²) in [5.74, 6) is 2.64. The van der Waals surface area contributed by atoms with E-state index in [0.29, 0.717) is 0 Å². The molecule has 0 bridgehead atoms. The van der Waals surface area contributed by atoms with E-state index in [1.54, 1.807) is 16.5 Å². The SMILES string of the molecule is C[C@@H]1CC[C@@H]2Cc3cn(C)c4cccc(c34)C2C1. The average Bonchev–Trinajstić information content (AvgIpc) is 2.69. The minimum Gasteiger partial charge on any atom is -0.350 e. The number of hydrogen-bond acceptors (Lipinski definition) is 0. The zero-order valence-electron chi connectivity index (χ0n) is 11.3. The van der Waals surface area contributed by atoms with Gasteiger partial charge in [-0.15, -0.1) is 0 Å². The van der Waals surface area contributed by atoms with Gasteiger partial charge in [0, 0.05) is 24.1 Å². The van der Waals surface area contributed by atoms with Crippen molar-refractivity contribution in [2.45, 2.75) is 38.5 Å². The standard InChI is InChI=1S/C17H21N/c1-11-6-7-12-9-13-10-18(2)16-5-3-4-14(17(13)16)15(12)8-11/h3-5,10-12,15H,6-9H2,1-2H3/t11-,12-,15?/m1/s1. The average molecular weight is 239 g/mol. The summed E-state index contributed by atoms with van der Waals surface area (Å²) in [5.41, 5.74) is 4.67. The Balaban J connectivity index is 1.95. The highest BCUT2D eigenvalue weighted by molar-refractivity contribution is 5.88. The lowest BCUT2D eigenvalue weighted by molar-refractivity contribution is 0.244. The van der Waals surface area contributed by atoms with E-state index < -0.39 is 0 Å². The minimum atomic E-state index is 0.826. The molecule has 18 heavy (non-hydrogen) atoms. The summed E-state index contributed by atoms with van der Waals surface area (Å²) in [5, 5.41) is 1.58. The Morgan fingerprint density at radius 1 is 1.22 bits per heavy atom. The second-order valence-electron chi connectivity index (χ2n) is 6.50. The first-order chi connectivity index (χ1) is 8.74. The largest absolute Gasteiger partial charge is 0.350 e. The maximum atomic E-state index is 2.43. The Bertz CT molecular complexity index is 607. The molecule has 1 heteroatoms. The van der Waals surface area contributed by atoms with Crippen LogP contribution in [0, 0.1) is 11.8 Å². The molecule has 4 rings (SSSR count). The third-order valence-corrected chi connectivity index (χ3v) is 5.26. The number of benzene rings is 1. The highest BCUT2D eigenvalue weighted by Crippen LogP contribution is 2.48. The van der Waals surface area contributed by atoms with Crippen LogP contribution in [0.1, 0.15) is 43.2 Å². The van der Waals surface area contributed by atoms with Crippen LogP contribution in [0.25, 0.3) is 10.9 Å². The van der Waals surface area contributed by atoms with Gasteiger partial charge in [-0.05, 0) is 54.2 Å². The van der Waals surface area contributed by atoms with Gasteiger partial charge in [0.15, 0.2) is 0 Å². The van der Waals surface area contributed by atoms with Crippen molar-refractivity contribution in [2.24, 2.45) is 18.9 Å². The number of aryl methyl sites for hydroxylation is 1. The molecule has 1 heterocycles. The molecule has 3 atom stereocenters. The van der Waals surface area contributed by atoms with Crippen molar-refractivity contribution >= 4 is 10.9 Å². The monoisotopic (exact) mass is 239 g/mol. The van der Waals surface area contributed by atoms with Crippen LogP contribution in [0.5, 0.6) is 0 Å². The molecule has 0 N–H and O–H groups in total. The second-order valence-corrected chi connectivity index (χ2v) is 6.50. The molecule has 1 unspecified atom stereocenters. The number of nitrogens with zero attached hydrogens (tertiary/aromatic N) is 1. The van der Waals surface area contributed by atoms with E-state index in [1.165, 1.54) is 31.2 Å².